The number of halogens is 2. The third-order valence-corrected chi connectivity index (χ3v) is 6.68. The van der Waals surface area contributed by atoms with Gasteiger partial charge in [0.2, 0.25) is 0 Å². The molecule has 26 heavy (non-hydrogen) atoms. The monoisotopic (exact) mass is 448 g/mol. The van der Waals surface area contributed by atoms with Gasteiger partial charge in [0.25, 0.3) is 5.56 Å². The second-order valence-electron chi connectivity index (χ2n) is 5.80. The fraction of sp³-hybridized carbons (Fsp3) is 0.158. The lowest BCUT2D eigenvalue weighted by molar-refractivity contribution is 0.626. The number of hydrogen-bond donors (Lipinski definition) is 0. The minimum Gasteiger partial charge on any atom is -0.268 e. The van der Waals surface area contributed by atoms with Gasteiger partial charge in [-0.25, -0.2) is 9.37 Å². The van der Waals surface area contributed by atoms with Crippen molar-refractivity contribution in [2.75, 3.05) is 5.75 Å². The van der Waals surface area contributed by atoms with Crippen LogP contribution < -0.4 is 5.56 Å². The van der Waals surface area contributed by atoms with E-state index in [1.807, 2.05) is 24.3 Å². The highest BCUT2D eigenvalue weighted by Gasteiger charge is 2.22. The molecule has 0 saturated carbocycles. The van der Waals surface area contributed by atoms with Crippen molar-refractivity contribution in [3.8, 4) is 5.69 Å². The zero-order valence-electron chi connectivity index (χ0n) is 13.6. The molecule has 0 unspecified atom stereocenters. The molecule has 1 aromatic heterocycles. The summed E-state index contributed by atoms with van der Waals surface area (Å²) in [6.45, 7) is 0. The molecule has 132 valence electrons. The molecule has 1 aliphatic rings. The summed E-state index contributed by atoms with van der Waals surface area (Å²) in [6.07, 6.45) is 0.811. The van der Waals surface area contributed by atoms with Crippen molar-refractivity contribution in [1.29, 1.82) is 0 Å². The third kappa shape index (κ3) is 3.61. The Kier molecular flexibility index (Phi) is 5.20. The molecule has 0 spiro atoms. The maximum absolute atomic E-state index is 13.3. The molecule has 0 saturated heterocycles. The van der Waals surface area contributed by atoms with Crippen LogP contribution in [-0.2, 0) is 12.2 Å². The van der Waals surface area contributed by atoms with Crippen LogP contribution in [-0.4, -0.2) is 15.3 Å². The molecule has 0 N–H and O–H groups in total. The van der Waals surface area contributed by atoms with E-state index < -0.39 is 0 Å². The van der Waals surface area contributed by atoms with E-state index in [0.717, 1.165) is 27.9 Å². The van der Waals surface area contributed by atoms with E-state index in [1.54, 1.807) is 28.5 Å². The Morgan fingerprint density at radius 1 is 1.15 bits per heavy atom. The standard InChI is InChI=1S/C19H14BrFN2OS2/c20-13-3-1-12(2-4-13)11-26-19-22-16-9-10-25-17(16)18(24)23(19)15-7-5-14(21)6-8-15/h1-8H,9-11H2. The van der Waals surface area contributed by atoms with Gasteiger partial charge in [-0.3, -0.25) is 9.36 Å². The van der Waals surface area contributed by atoms with Crippen LogP contribution in [0.5, 0.6) is 0 Å². The van der Waals surface area contributed by atoms with Crippen molar-refractivity contribution in [3.05, 3.63) is 80.4 Å². The number of benzene rings is 2. The van der Waals surface area contributed by atoms with Gasteiger partial charge in [0.15, 0.2) is 5.16 Å². The lowest BCUT2D eigenvalue weighted by Gasteiger charge is -2.13. The molecule has 7 heteroatoms. The van der Waals surface area contributed by atoms with E-state index in [-0.39, 0.29) is 11.4 Å². The second-order valence-corrected chi connectivity index (χ2v) is 8.76. The topological polar surface area (TPSA) is 34.9 Å². The summed E-state index contributed by atoms with van der Waals surface area (Å²) in [6, 6.07) is 14.0. The molecule has 0 atom stereocenters. The van der Waals surface area contributed by atoms with Gasteiger partial charge >= 0.3 is 0 Å². The van der Waals surface area contributed by atoms with Gasteiger partial charge in [0, 0.05) is 22.4 Å². The number of hydrogen-bond acceptors (Lipinski definition) is 4. The average molecular weight is 449 g/mol. The SMILES string of the molecule is O=c1c2c(nc(SCc3ccc(Br)cc3)n1-c1ccc(F)cc1)CCS2. The van der Waals surface area contributed by atoms with E-state index in [2.05, 4.69) is 15.9 Å². The maximum atomic E-state index is 13.3. The van der Waals surface area contributed by atoms with Crippen LogP contribution in [0.2, 0.25) is 0 Å². The summed E-state index contributed by atoms with van der Waals surface area (Å²) in [5, 5.41) is 0.644. The van der Waals surface area contributed by atoms with E-state index in [1.165, 1.54) is 23.9 Å². The highest BCUT2D eigenvalue weighted by atomic mass is 79.9. The summed E-state index contributed by atoms with van der Waals surface area (Å²) < 4.78 is 15.9. The normalized spacial score (nSPS) is 13.0. The molecule has 0 fully saturated rings. The van der Waals surface area contributed by atoms with Crippen LogP contribution >= 0.6 is 39.5 Å². The summed E-state index contributed by atoms with van der Waals surface area (Å²) >= 11 is 6.50. The van der Waals surface area contributed by atoms with Gasteiger partial charge in [-0.2, -0.15) is 0 Å². The quantitative estimate of drug-likeness (QED) is 0.411. The van der Waals surface area contributed by atoms with E-state index in [0.29, 0.717) is 21.5 Å². The Morgan fingerprint density at radius 2 is 1.88 bits per heavy atom. The Balaban J connectivity index is 1.75. The largest absolute Gasteiger partial charge is 0.272 e. The predicted octanol–water partition coefficient (Wildman–Crippen LogP) is 5.07. The summed E-state index contributed by atoms with van der Waals surface area (Å²) in [5.41, 5.74) is 2.59. The molecular formula is C19H14BrFN2OS2. The van der Waals surface area contributed by atoms with Crippen LogP contribution in [0, 0.1) is 5.82 Å². The van der Waals surface area contributed by atoms with Crippen LogP contribution in [0.25, 0.3) is 5.69 Å². The first-order valence-electron chi connectivity index (χ1n) is 8.04. The number of nitrogens with zero attached hydrogens (tertiary/aromatic N) is 2. The van der Waals surface area contributed by atoms with Gasteiger partial charge in [-0.05, 0) is 42.0 Å². The maximum Gasteiger partial charge on any atom is 0.272 e. The second kappa shape index (κ2) is 7.58. The Bertz CT molecular complexity index is 1000. The minimum absolute atomic E-state index is 0.0672. The van der Waals surface area contributed by atoms with Gasteiger partial charge in [-0.15, -0.1) is 11.8 Å². The zero-order chi connectivity index (χ0) is 18.1. The molecule has 3 aromatic rings. The first-order chi connectivity index (χ1) is 12.6. The molecule has 0 bridgehead atoms. The highest BCUT2D eigenvalue weighted by molar-refractivity contribution is 9.10. The number of thioether (sulfide) groups is 2. The molecule has 3 nitrogen and oxygen atoms in total. The number of rotatable bonds is 4. The molecule has 0 aliphatic carbocycles. The summed E-state index contributed by atoms with van der Waals surface area (Å²) in [4.78, 5) is 18.5. The molecule has 2 aromatic carbocycles. The molecular weight excluding hydrogens is 435 g/mol. The smallest absolute Gasteiger partial charge is 0.268 e. The van der Waals surface area contributed by atoms with Gasteiger partial charge in [0.05, 0.1) is 16.3 Å². The fourth-order valence-electron chi connectivity index (χ4n) is 2.74. The minimum atomic E-state index is -0.325. The molecule has 4 rings (SSSR count). The third-order valence-electron chi connectivity index (χ3n) is 4.03. The molecule has 2 heterocycles. The van der Waals surface area contributed by atoms with Crippen molar-refractivity contribution < 1.29 is 4.39 Å². The van der Waals surface area contributed by atoms with Crippen LogP contribution in [0.1, 0.15) is 11.3 Å². The number of fused-ring (bicyclic) bond motifs is 1. The van der Waals surface area contributed by atoms with Crippen molar-refractivity contribution in [2.45, 2.75) is 22.2 Å². The molecule has 0 radical (unpaired) electrons. The van der Waals surface area contributed by atoms with E-state index >= 15 is 0 Å². The van der Waals surface area contributed by atoms with Crippen molar-refractivity contribution in [1.82, 2.24) is 9.55 Å². The van der Waals surface area contributed by atoms with Crippen LogP contribution in [0.3, 0.4) is 0 Å². The Morgan fingerprint density at radius 3 is 2.62 bits per heavy atom. The number of aromatic nitrogens is 2. The van der Waals surface area contributed by atoms with Crippen LogP contribution in [0.4, 0.5) is 4.39 Å². The first-order valence-corrected chi connectivity index (χ1v) is 10.8. The predicted molar refractivity (Wildman–Crippen MR) is 108 cm³/mol. The zero-order valence-corrected chi connectivity index (χ0v) is 16.8. The summed E-state index contributed by atoms with van der Waals surface area (Å²) in [7, 11) is 0. The number of aryl methyl sites for hydroxylation is 1. The van der Waals surface area contributed by atoms with Crippen molar-refractivity contribution in [3.63, 3.8) is 0 Å². The van der Waals surface area contributed by atoms with Crippen molar-refractivity contribution in [2.24, 2.45) is 0 Å². The van der Waals surface area contributed by atoms with Crippen molar-refractivity contribution >= 4 is 39.5 Å². The molecule has 0 amide bonds. The van der Waals surface area contributed by atoms with E-state index in [9.17, 15) is 9.18 Å². The summed E-state index contributed by atoms with van der Waals surface area (Å²) in [5.74, 6) is 1.25. The van der Waals surface area contributed by atoms with Crippen LogP contribution in [0.15, 0.2) is 67.9 Å². The van der Waals surface area contributed by atoms with Gasteiger partial charge in [-0.1, -0.05) is 39.8 Å². The lowest BCUT2D eigenvalue weighted by atomic mass is 10.2. The van der Waals surface area contributed by atoms with E-state index in [4.69, 9.17) is 4.98 Å². The average Bonchev–Trinajstić information content (AvgIpc) is 3.11. The lowest BCUT2D eigenvalue weighted by Crippen LogP contribution is -2.23. The van der Waals surface area contributed by atoms with Gasteiger partial charge in [0.1, 0.15) is 5.82 Å². The molecule has 1 aliphatic heterocycles. The Hall–Kier alpha value is -1.57. The first kappa shape index (κ1) is 17.8. The fourth-order valence-corrected chi connectivity index (χ4v) is 5.01. The highest BCUT2D eigenvalue weighted by Crippen LogP contribution is 2.31. The van der Waals surface area contributed by atoms with Gasteiger partial charge < -0.3 is 0 Å². The Labute approximate surface area is 167 Å².